The van der Waals surface area contributed by atoms with Crippen molar-refractivity contribution in [3.05, 3.63) is 40.4 Å². The summed E-state index contributed by atoms with van der Waals surface area (Å²) in [5, 5.41) is 25.1. The fourth-order valence-corrected chi connectivity index (χ4v) is 6.75. The normalized spacial score (nSPS) is 25.8. The van der Waals surface area contributed by atoms with Gasteiger partial charge in [0, 0.05) is 28.3 Å². The van der Waals surface area contributed by atoms with Gasteiger partial charge >= 0.3 is 18.1 Å². The Bertz CT molecular complexity index is 1310. The highest BCUT2D eigenvalue weighted by molar-refractivity contribution is 8.03. The number of β-lactam (4-membered cyclic amide) rings is 1. The SMILES string of the molecule is C[C@@H](O)[C@H]1C(=O)N2C(C(=O)OCOC(=O)OC(C)(C)C)=C(S[C@@H]3CN[C@H](C(=O)Nc4cccc(C(=O)O)c4)C3)[C@H](C)[C@H]12. The molecule has 0 unspecified atom stereocenters. The first-order chi connectivity index (χ1) is 19.7. The number of carboxylic acids is 1. The van der Waals surface area contributed by atoms with E-state index >= 15 is 0 Å². The third-order valence-corrected chi connectivity index (χ3v) is 8.65. The lowest BCUT2D eigenvalue weighted by atomic mass is 9.79. The molecule has 1 aromatic rings. The molecular formula is C28H35N3O10S. The maximum atomic E-state index is 13.2. The van der Waals surface area contributed by atoms with Crippen molar-refractivity contribution in [3.63, 3.8) is 0 Å². The van der Waals surface area contributed by atoms with E-state index in [2.05, 4.69) is 10.6 Å². The molecule has 13 nitrogen and oxygen atoms in total. The number of nitrogens with one attached hydrogen (secondary N) is 2. The molecule has 1 aromatic carbocycles. The van der Waals surface area contributed by atoms with Gasteiger partial charge in [-0.2, -0.15) is 0 Å². The first-order valence-electron chi connectivity index (χ1n) is 13.5. The lowest BCUT2D eigenvalue weighted by Gasteiger charge is -2.46. The summed E-state index contributed by atoms with van der Waals surface area (Å²) in [7, 11) is 0. The number of amides is 2. The van der Waals surface area contributed by atoms with Crippen LogP contribution in [0.15, 0.2) is 34.9 Å². The van der Waals surface area contributed by atoms with E-state index in [-0.39, 0.29) is 28.3 Å². The number of fused-ring (bicyclic) bond motifs is 1. The summed E-state index contributed by atoms with van der Waals surface area (Å²) >= 11 is 1.35. The summed E-state index contributed by atoms with van der Waals surface area (Å²) in [6, 6.07) is 4.92. The van der Waals surface area contributed by atoms with Crippen molar-refractivity contribution in [2.24, 2.45) is 11.8 Å². The number of hydrogen-bond donors (Lipinski definition) is 4. The number of carbonyl (C=O) groups excluding carboxylic acids is 4. The molecule has 0 radical (unpaired) electrons. The summed E-state index contributed by atoms with van der Waals surface area (Å²) in [5.74, 6) is -3.67. The lowest BCUT2D eigenvalue weighted by Crippen LogP contribution is -2.63. The summed E-state index contributed by atoms with van der Waals surface area (Å²) in [6.07, 6.45) is -1.53. The van der Waals surface area contributed by atoms with Crippen LogP contribution in [0.3, 0.4) is 0 Å². The number of aliphatic hydroxyl groups excluding tert-OH is 1. The molecule has 2 fully saturated rings. The molecule has 4 rings (SSSR count). The fraction of sp³-hybridized carbons (Fsp3) is 0.536. The average molecular weight is 606 g/mol. The van der Waals surface area contributed by atoms with Gasteiger partial charge in [-0.15, -0.1) is 11.8 Å². The van der Waals surface area contributed by atoms with Gasteiger partial charge in [0.2, 0.25) is 18.6 Å². The number of hydrogen-bond acceptors (Lipinski definition) is 11. The van der Waals surface area contributed by atoms with E-state index in [4.69, 9.17) is 14.2 Å². The van der Waals surface area contributed by atoms with Gasteiger partial charge in [-0.05, 0) is 52.3 Å². The number of aliphatic hydroxyl groups is 1. The maximum absolute atomic E-state index is 13.2. The number of carboxylic acid groups (broad SMARTS) is 1. The van der Waals surface area contributed by atoms with Gasteiger partial charge < -0.3 is 40.0 Å². The Hall–Kier alpha value is -3.62. The molecule has 2 saturated heterocycles. The molecule has 42 heavy (non-hydrogen) atoms. The van der Waals surface area contributed by atoms with Crippen LogP contribution in [0.5, 0.6) is 0 Å². The number of benzene rings is 1. The highest BCUT2D eigenvalue weighted by atomic mass is 32.2. The molecule has 6 atom stereocenters. The minimum atomic E-state index is -1.10. The average Bonchev–Trinajstić information content (AvgIpc) is 3.44. The van der Waals surface area contributed by atoms with Crippen LogP contribution >= 0.6 is 11.8 Å². The number of carbonyl (C=O) groups is 5. The zero-order chi connectivity index (χ0) is 30.9. The van der Waals surface area contributed by atoms with Crippen molar-refractivity contribution in [3.8, 4) is 0 Å². The van der Waals surface area contributed by atoms with Crippen LogP contribution in [0.2, 0.25) is 0 Å². The quantitative estimate of drug-likeness (QED) is 0.184. The predicted molar refractivity (Wildman–Crippen MR) is 150 cm³/mol. The Morgan fingerprint density at radius 3 is 2.57 bits per heavy atom. The number of ether oxygens (including phenoxy) is 3. The summed E-state index contributed by atoms with van der Waals surface area (Å²) < 4.78 is 15.1. The van der Waals surface area contributed by atoms with Crippen LogP contribution in [-0.4, -0.2) is 87.4 Å². The molecule has 0 saturated carbocycles. The highest BCUT2D eigenvalue weighted by Crippen LogP contribution is 2.52. The topological polar surface area (TPSA) is 181 Å². The number of rotatable bonds is 9. The molecule has 2 amide bonds. The Morgan fingerprint density at radius 1 is 1.21 bits per heavy atom. The van der Waals surface area contributed by atoms with Crippen LogP contribution in [0.1, 0.15) is 51.4 Å². The van der Waals surface area contributed by atoms with Crippen LogP contribution in [0.4, 0.5) is 10.5 Å². The molecule has 0 aromatic heterocycles. The van der Waals surface area contributed by atoms with E-state index in [0.29, 0.717) is 23.6 Å². The molecular weight excluding hydrogens is 570 g/mol. The summed E-state index contributed by atoms with van der Waals surface area (Å²) in [4.78, 5) is 64.1. The molecule has 4 N–H and O–H groups in total. The van der Waals surface area contributed by atoms with Crippen molar-refractivity contribution in [2.45, 2.75) is 70.1 Å². The van der Waals surface area contributed by atoms with Gasteiger partial charge in [-0.25, -0.2) is 14.4 Å². The van der Waals surface area contributed by atoms with Crippen molar-refractivity contribution >= 4 is 47.4 Å². The van der Waals surface area contributed by atoms with E-state index in [1.807, 2.05) is 6.92 Å². The number of nitrogens with zero attached hydrogens (tertiary/aromatic N) is 1. The smallest absolute Gasteiger partial charge is 0.478 e. The van der Waals surface area contributed by atoms with E-state index in [1.165, 1.54) is 35.7 Å². The Kier molecular flexibility index (Phi) is 9.18. The molecule has 3 aliphatic rings. The summed E-state index contributed by atoms with van der Waals surface area (Å²) in [5.41, 5.74) is -0.358. The minimum Gasteiger partial charge on any atom is -0.478 e. The van der Waals surface area contributed by atoms with Gasteiger partial charge in [0.25, 0.3) is 0 Å². The number of aromatic carboxylic acids is 1. The Balaban J connectivity index is 1.44. The van der Waals surface area contributed by atoms with Gasteiger partial charge in [0.15, 0.2) is 0 Å². The Morgan fingerprint density at radius 2 is 1.93 bits per heavy atom. The molecule has 228 valence electrons. The van der Waals surface area contributed by atoms with Crippen LogP contribution in [0, 0.1) is 11.8 Å². The highest BCUT2D eigenvalue weighted by Gasteiger charge is 2.60. The molecule has 0 spiro atoms. The third-order valence-electron chi connectivity index (χ3n) is 7.14. The predicted octanol–water partition coefficient (Wildman–Crippen LogP) is 2.31. The van der Waals surface area contributed by atoms with E-state index in [1.54, 1.807) is 32.9 Å². The maximum Gasteiger partial charge on any atom is 0.511 e. The van der Waals surface area contributed by atoms with E-state index in [0.717, 1.165) is 0 Å². The first-order valence-corrected chi connectivity index (χ1v) is 14.4. The Labute approximate surface area is 246 Å². The largest absolute Gasteiger partial charge is 0.511 e. The second-order valence-corrected chi connectivity index (χ2v) is 12.8. The lowest BCUT2D eigenvalue weighted by molar-refractivity contribution is -0.167. The van der Waals surface area contributed by atoms with E-state index in [9.17, 15) is 34.2 Å². The second kappa shape index (κ2) is 12.3. The van der Waals surface area contributed by atoms with E-state index < -0.39 is 60.5 Å². The second-order valence-electron chi connectivity index (χ2n) is 11.4. The van der Waals surface area contributed by atoms with Gasteiger partial charge in [-0.3, -0.25) is 9.59 Å². The first kappa shape index (κ1) is 31.3. The van der Waals surface area contributed by atoms with Crippen LogP contribution in [0.25, 0.3) is 0 Å². The van der Waals surface area contributed by atoms with Crippen molar-refractivity contribution in [1.82, 2.24) is 10.2 Å². The number of thioether (sulfide) groups is 1. The minimum absolute atomic E-state index is 0.0329. The van der Waals surface area contributed by atoms with Crippen molar-refractivity contribution in [2.75, 3.05) is 18.7 Å². The molecule has 3 heterocycles. The molecule has 3 aliphatic heterocycles. The molecule has 0 bridgehead atoms. The number of anilines is 1. The monoisotopic (exact) mass is 605 g/mol. The fourth-order valence-electron chi connectivity index (χ4n) is 5.28. The zero-order valence-electron chi connectivity index (χ0n) is 23.9. The molecule has 14 heteroatoms. The standard InChI is InChI=1S/C28H35N3O10S/c1-13-20-19(14(2)32)24(34)31(20)21(26(37)39-12-40-27(38)41-28(3,4)5)22(13)42-17-10-18(29-11-17)23(33)30-16-8-6-7-15(9-16)25(35)36/h6-9,13-14,17-20,29,32H,10-12H2,1-5H3,(H,30,33)(H,35,36)/t13-,14-,17+,18+,19-,20-/m1/s1. The van der Waals surface area contributed by atoms with Gasteiger partial charge in [-0.1, -0.05) is 13.0 Å². The molecule has 0 aliphatic carbocycles. The van der Waals surface area contributed by atoms with Gasteiger partial charge in [0.1, 0.15) is 11.3 Å². The third kappa shape index (κ3) is 6.71. The summed E-state index contributed by atoms with van der Waals surface area (Å²) in [6.45, 7) is 8.08. The van der Waals surface area contributed by atoms with Crippen molar-refractivity contribution < 1.29 is 48.4 Å². The number of esters is 1. The van der Waals surface area contributed by atoms with Crippen LogP contribution in [-0.2, 0) is 28.6 Å². The van der Waals surface area contributed by atoms with Gasteiger partial charge in [0.05, 0.1) is 29.7 Å². The van der Waals surface area contributed by atoms with Crippen LogP contribution < -0.4 is 10.6 Å². The zero-order valence-corrected chi connectivity index (χ0v) is 24.7. The van der Waals surface area contributed by atoms with Crippen molar-refractivity contribution in [1.29, 1.82) is 0 Å².